The number of aryl methyl sites for hydroxylation is 1. The van der Waals surface area contributed by atoms with Gasteiger partial charge in [-0.2, -0.15) is 0 Å². The van der Waals surface area contributed by atoms with Gasteiger partial charge in [0.15, 0.2) is 0 Å². The lowest BCUT2D eigenvalue weighted by Gasteiger charge is -2.31. The van der Waals surface area contributed by atoms with Crippen molar-refractivity contribution < 1.29 is 17.9 Å². The summed E-state index contributed by atoms with van der Waals surface area (Å²) in [7, 11) is -1.77. The Morgan fingerprint density at radius 3 is 2.37 bits per heavy atom. The van der Waals surface area contributed by atoms with Gasteiger partial charge in [-0.25, -0.2) is 12.7 Å². The lowest BCUT2D eigenvalue weighted by Crippen LogP contribution is -2.43. The van der Waals surface area contributed by atoms with E-state index in [0.29, 0.717) is 25.9 Å². The van der Waals surface area contributed by atoms with E-state index in [9.17, 15) is 13.2 Å². The Labute approximate surface area is 179 Å². The molecule has 1 heterocycles. The van der Waals surface area contributed by atoms with Crippen molar-refractivity contribution >= 4 is 15.9 Å². The van der Waals surface area contributed by atoms with Crippen LogP contribution in [0.4, 0.5) is 0 Å². The first-order valence-electron chi connectivity index (χ1n) is 10.3. The average Bonchev–Trinajstić information content (AvgIpc) is 2.75. The minimum absolute atomic E-state index is 0.00500. The Hall–Kier alpha value is -2.38. The van der Waals surface area contributed by atoms with Crippen molar-refractivity contribution in [3.63, 3.8) is 0 Å². The summed E-state index contributed by atoms with van der Waals surface area (Å²) in [6, 6.07) is 15.0. The second-order valence-corrected chi connectivity index (χ2v) is 9.83. The average molecular weight is 431 g/mol. The van der Waals surface area contributed by atoms with Gasteiger partial charge in [0.1, 0.15) is 5.75 Å². The van der Waals surface area contributed by atoms with E-state index >= 15 is 0 Å². The standard InChI is InChI=1S/C23H30N2O4S/c1-17-6-4-5-7-21(17)16-30(27,28)25-14-12-20(13-15-25)23(26)24-18(2)19-8-10-22(29-3)11-9-19/h4-11,18,20H,12-16H2,1-3H3,(H,24,26)/t18-/m1/s1. The molecule has 0 unspecified atom stereocenters. The number of piperidine rings is 1. The normalized spacial score (nSPS) is 16.8. The molecule has 1 amide bonds. The highest BCUT2D eigenvalue weighted by Crippen LogP contribution is 2.24. The number of hydrogen-bond acceptors (Lipinski definition) is 4. The molecule has 0 saturated carbocycles. The first kappa shape index (κ1) is 22.3. The topological polar surface area (TPSA) is 75.7 Å². The van der Waals surface area contributed by atoms with Crippen molar-refractivity contribution in [1.82, 2.24) is 9.62 Å². The lowest BCUT2D eigenvalue weighted by molar-refractivity contribution is -0.126. The maximum atomic E-state index is 12.8. The number of carbonyl (C=O) groups excluding carboxylic acids is 1. The fourth-order valence-corrected chi connectivity index (χ4v) is 5.43. The number of nitrogens with zero attached hydrogens (tertiary/aromatic N) is 1. The molecule has 162 valence electrons. The van der Waals surface area contributed by atoms with Gasteiger partial charge in [-0.15, -0.1) is 0 Å². The number of nitrogens with one attached hydrogen (secondary N) is 1. The summed E-state index contributed by atoms with van der Waals surface area (Å²) in [5.41, 5.74) is 2.80. The van der Waals surface area contributed by atoms with Crippen molar-refractivity contribution in [2.75, 3.05) is 20.2 Å². The van der Waals surface area contributed by atoms with Gasteiger partial charge < -0.3 is 10.1 Å². The molecule has 0 radical (unpaired) electrons. The molecule has 6 nitrogen and oxygen atoms in total. The van der Waals surface area contributed by atoms with E-state index in [-0.39, 0.29) is 23.6 Å². The highest BCUT2D eigenvalue weighted by Gasteiger charge is 2.31. The summed E-state index contributed by atoms with van der Waals surface area (Å²) in [4.78, 5) is 12.7. The van der Waals surface area contributed by atoms with E-state index in [2.05, 4.69) is 5.32 Å². The zero-order chi connectivity index (χ0) is 21.7. The summed E-state index contributed by atoms with van der Waals surface area (Å²) in [6.45, 7) is 4.62. The van der Waals surface area contributed by atoms with Gasteiger partial charge in [-0.05, 0) is 55.5 Å². The van der Waals surface area contributed by atoms with Crippen LogP contribution in [0.5, 0.6) is 5.75 Å². The highest BCUT2D eigenvalue weighted by atomic mass is 32.2. The maximum Gasteiger partial charge on any atom is 0.223 e. The fourth-order valence-electron chi connectivity index (χ4n) is 3.76. The predicted octanol–water partition coefficient (Wildman–Crippen LogP) is 3.42. The zero-order valence-corrected chi connectivity index (χ0v) is 18.6. The molecule has 0 aromatic heterocycles. The van der Waals surface area contributed by atoms with Gasteiger partial charge in [0.25, 0.3) is 0 Å². The quantitative estimate of drug-likeness (QED) is 0.730. The van der Waals surface area contributed by atoms with Crippen molar-refractivity contribution in [2.24, 2.45) is 5.92 Å². The van der Waals surface area contributed by atoms with Crippen LogP contribution in [0, 0.1) is 12.8 Å². The number of methoxy groups -OCH3 is 1. The van der Waals surface area contributed by atoms with Gasteiger partial charge >= 0.3 is 0 Å². The number of hydrogen-bond donors (Lipinski definition) is 1. The van der Waals surface area contributed by atoms with Crippen LogP contribution in [0.3, 0.4) is 0 Å². The predicted molar refractivity (Wildman–Crippen MR) is 118 cm³/mol. The summed E-state index contributed by atoms with van der Waals surface area (Å²) in [5.74, 6) is 0.590. The Bertz CT molecular complexity index is 965. The van der Waals surface area contributed by atoms with Crippen LogP contribution in [0.15, 0.2) is 48.5 Å². The van der Waals surface area contributed by atoms with Gasteiger partial charge in [-0.3, -0.25) is 4.79 Å². The van der Waals surface area contributed by atoms with Crippen LogP contribution in [-0.2, 0) is 20.6 Å². The second-order valence-electron chi connectivity index (χ2n) is 7.86. The molecule has 2 aromatic rings. The molecule has 0 bridgehead atoms. The molecule has 0 spiro atoms. The smallest absolute Gasteiger partial charge is 0.223 e. The molecular formula is C23H30N2O4S. The minimum atomic E-state index is -3.39. The molecular weight excluding hydrogens is 400 g/mol. The molecule has 3 rings (SSSR count). The molecule has 1 fully saturated rings. The van der Waals surface area contributed by atoms with E-state index in [1.807, 2.05) is 62.4 Å². The van der Waals surface area contributed by atoms with E-state index in [0.717, 1.165) is 22.4 Å². The molecule has 1 aliphatic rings. The van der Waals surface area contributed by atoms with E-state index < -0.39 is 10.0 Å². The zero-order valence-electron chi connectivity index (χ0n) is 17.8. The van der Waals surface area contributed by atoms with Crippen LogP contribution < -0.4 is 10.1 Å². The van der Waals surface area contributed by atoms with Crippen molar-refractivity contribution in [2.45, 2.75) is 38.5 Å². The monoisotopic (exact) mass is 430 g/mol. The minimum Gasteiger partial charge on any atom is -0.497 e. The summed E-state index contributed by atoms with van der Waals surface area (Å²) >= 11 is 0. The molecule has 1 saturated heterocycles. The van der Waals surface area contributed by atoms with E-state index in [1.54, 1.807) is 7.11 Å². The van der Waals surface area contributed by atoms with Crippen LogP contribution in [0.2, 0.25) is 0 Å². The SMILES string of the molecule is COc1ccc([C@@H](C)NC(=O)C2CCN(S(=O)(=O)Cc3ccccc3C)CC2)cc1. The fraction of sp³-hybridized carbons (Fsp3) is 0.435. The number of benzene rings is 2. The molecule has 1 N–H and O–H groups in total. The van der Waals surface area contributed by atoms with E-state index in [4.69, 9.17) is 4.74 Å². The molecule has 2 aromatic carbocycles. The number of ether oxygens (including phenoxy) is 1. The Morgan fingerprint density at radius 2 is 1.77 bits per heavy atom. The summed E-state index contributed by atoms with van der Waals surface area (Å²) in [5, 5.41) is 3.06. The van der Waals surface area contributed by atoms with Gasteiger partial charge in [0.05, 0.1) is 18.9 Å². The van der Waals surface area contributed by atoms with E-state index in [1.165, 1.54) is 4.31 Å². The van der Waals surface area contributed by atoms with Crippen LogP contribution in [0.25, 0.3) is 0 Å². The van der Waals surface area contributed by atoms with Crippen molar-refractivity contribution in [3.05, 3.63) is 65.2 Å². The molecule has 1 aliphatic heterocycles. The van der Waals surface area contributed by atoms with Gasteiger partial charge in [0, 0.05) is 19.0 Å². The Kier molecular flexibility index (Phi) is 7.15. The number of carbonyl (C=O) groups is 1. The second kappa shape index (κ2) is 9.62. The highest BCUT2D eigenvalue weighted by molar-refractivity contribution is 7.88. The summed E-state index contributed by atoms with van der Waals surface area (Å²) in [6.07, 6.45) is 1.07. The largest absolute Gasteiger partial charge is 0.497 e. The first-order valence-corrected chi connectivity index (χ1v) is 11.9. The Balaban J connectivity index is 1.54. The van der Waals surface area contributed by atoms with Crippen molar-refractivity contribution in [3.8, 4) is 5.75 Å². The van der Waals surface area contributed by atoms with Crippen LogP contribution >= 0.6 is 0 Å². The number of amides is 1. The Morgan fingerprint density at radius 1 is 1.13 bits per heavy atom. The third-order valence-corrected chi connectivity index (χ3v) is 7.62. The molecule has 7 heteroatoms. The van der Waals surface area contributed by atoms with Gasteiger partial charge in [-0.1, -0.05) is 36.4 Å². The first-order chi connectivity index (χ1) is 14.3. The lowest BCUT2D eigenvalue weighted by atomic mass is 9.96. The van der Waals surface area contributed by atoms with Crippen LogP contribution in [-0.4, -0.2) is 38.8 Å². The van der Waals surface area contributed by atoms with Crippen LogP contribution in [0.1, 0.15) is 42.5 Å². The molecule has 1 atom stereocenters. The molecule has 0 aliphatic carbocycles. The van der Waals surface area contributed by atoms with Crippen molar-refractivity contribution in [1.29, 1.82) is 0 Å². The molecule has 30 heavy (non-hydrogen) atoms. The number of sulfonamides is 1. The third kappa shape index (κ3) is 5.40. The van der Waals surface area contributed by atoms with Gasteiger partial charge in [0.2, 0.25) is 15.9 Å². The summed E-state index contributed by atoms with van der Waals surface area (Å²) < 4.78 is 32.3. The third-order valence-electron chi connectivity index (χ3n) is 5.79. The maximum absolute atomic E-state index is 12.8. The number of rotatable bonds is 7.